The zero-order chi connectivity index (χ0) is 11.1. The van der Waals surface area contributed by atoms with E-state index in [4.69, 9.17) is 0 Å². The molecule has 1 aliphatic heterocycles. The van der Waals surface area contributed by atoms with Crippen LogP contribution >= 0.6 is 0 Å². The highest BCUT2D eigenvalue weighted by atomic mass is 16.2. The quantitative estimate of drug-likeness (QED) is 0.685. The minimum Gasteiger partial charge on any atom is -0.351 e. The van der Waals surface area contributed by atoms with Crippen molar-refractivity contribution in [2.45, 2.75) is 32.2 Å². The standard InChI is InChI=1S/C11H23N3O/c1-3-7-14(2)9-11(15)13-10-5-4-6-12-8-10/h10,12H,3-9H2,1-2H3,(H,13,15)/t10-/m0/s1. The Balaban J connectivity index is 2.16. The van der Waals surface area contributed by atoms with Crippen molar-refractivity contribution in [3.63, 3.8) is 0 Å². The Morgan fingerprint density at radius 2 is 2.40 bits per heavy atom. The van der Waals surface area contributed by atoms with Crippen LogP contribution in [0.25, 0.3) is 0 Å². The maximum atomic E-state index is 11.6. The number of likely N-dealkylation sites (N-methyl/N-ethyl adjacent to an activating group) is 1. The van der Waals surface area contributed by atoms with Crippen LogP contribution in [0.3, 0.4) is 0 Å². The fourth-order valence-electron chi connectivity index (χ4n) is 1.95. The van der Waals surface area contributed by atoms with Gasteiger partial charge in [0.25, 0.3) is 0 Å². The minimum absolute atomic E-state index is 0.152. The van der Waals surface area contributed by atoms with Gasteiger partial charge < -0.3 is 10.6 Å². The van der Waals surface area contributed by atoms with Gasteiger partial charge in [0, 0.05) is 12.6 Å². The summed E-state index contributed by atoms with van der Waals surface area (Å²) in [4.78, 5) is 13.7. The van der Waals surface area contributed by atoms with E-state index >= 15 is 0 Å². The smallest absolute Gasteiger partial charge is 0.234 e. The van der Waals surface area contributed by atoms with Crippen molar-refractivity contribution in [3.05, 3.63) is 0 Å². The third kappa shape index (κ3) is 5.14. The summed E-state index contributed by atoms with van der Waals surface area (Å²) >= 11 is 0. The van der Waals surface area contributed by atoms with E-state index in [9.17, 15) is 4.79 Å². The van der Waals surface area contributed by atoms with Crippen molar-refractivity contribution in [3.8, 4) is 0 Å². The highest BCUT2D eigenvalue weighted by Crippen LogP contribution is 2.00. The molecule has 1 saturated heterocycles. The Morgan fingerprint density at radius 3 is 3.00 bits per heavy atom. The number of rotatable bonds is 5. The van der Waals surface area contributed by atoms with Crippen molar-refractivity contribution in [2.24, 2.45) is 0 Å². The predicted molar refractivity (Wildman–Crippen MR) is 61.8 cm³/mol. The lowest BCUT2D eigenvalue weighted by atomic mass is 10.1. The molecule has 1 fully saturated rings. The molecule has 2 N–H and O–H groups in total. The van der Waals surface area contributed by atoms with Gasteiger partial charge in [0.15, 0.2) is 0 Å². The average molecular weight is 213 g/mol. The SMILES string of the molecule is CCCN(C)CC(=O)N[C@H]1CCCNC1. The molecule has 0 bridgehead atoms. The van der Waals surface area contributed by atoms with E-state index in [2.05, 4.69) is 22.5 Å². The normalized spacial score (nSPS) is 21.7. The highest BCUT2D eigenvalue weighted by Gasteiger charge is 2.15. The number of carbonyl (C=O) groups excluding carboxylic acids is 1. The summed E-state index contributed by atoms with van der Waals surface area (Å²) in [6.45, 7) is 5.63. The monoisotopic (exact) mass is 213 g/mol. The Kier molecular flexibility index (Phi) is 5.65. The molecule has 1 amide bonds. The predicted octanol–water partition coefficient (Wildman–Crippen LogP) is 0.196. The minimum atomic E-state index is 0.152. The molecule has 0 unspecified atom stereocenters. The van der Waals surface area contributed by atoms with Gasteiger partial charge >= 0.3 is 0 Å². The molecular formula is C11H23N3O. The first kappa shape index (κ1) is 12.5. The van der Waals surface area contributed by atoms with Crippen molar-refractivity contribution in [1.82, 2.24) is 15.5 Å². The first-order valence-corrected chi connectivity index (χ1v) is 5.91. The van der Waals surface area contributed by atoms with Crippen LogP contribution in [-0.4, -0.2) is 50.1 Å². The van der Waals surface area contributed by atoms with E-state index in [1.54, 1.807) is 0 Å². The molecule has 0 aliphatic carbocycles. The van der Waals surface area contributed by atoms with E-state index in [1.165, 1.54) is 0 Å². The van der Waals surface area contributed by atoms with Crippen LogP contribution in [0.5, 0.6) is 0 Å². The fourth-order valence-corrected chi connectivity index (χ4v) is 1.95. The van der Waals surface area contributed by atoms with Crippen molar-refractivity contribution < 1.29 is 4.79 Å². The van der Waals surface area contributed by atoms with Crippen LogP contribution in [0.1, 0.15) is 26.2 Å². The van der Waals surface area contributed by atoms with Crippen LogP contribution in [-0.2, 0) is 4.79 Å². The Hall–Kier alpha value is -0.610. The van der Waals surface area contributed by atoms with Gasteiger partial charge in [0.2, 0.25) is 5.91 Å². The van der Waals surface area contributed by atoms with Gasteiger partial charge in [-0.05, 0) is 39.4 Å². The first-order valence-electron chi connectivity index (χ1n) is 5.91. The fraction of sp³-hybridized carbons (Fsp3) is 0.909. The van der Waals surface area contributed by atoms with Gasteiger partial charge in [-0.1, -0.05) is 6.92 Å². The summed E-state index contributed by atoms with van der Waals surface area (Å²) in [6, 6.07) is 0.335. The first-order chi connectivity index (χ1) is 7.22. The number of amides is 1. The van der Waals surface area contributed by atoms with Gasteiger partial charge in [-0.2, -0.15) is 0 Å². The third-order valence-electron chi connectivity index (χ3n) is 2.68. The van der Waals surface area contributed by atoms with E-state index < -0.39 is 0 Å². The maximum absolute atomic E-state index is 11.6. The summed E-state index contributed by atoms with van der Waals surface area (Å²) in [6.07, 6.45) is 3.36. The number of nitrogens with zero attached hydrogens (tertiary/aromatic N) is 1. The Morgan fingerprint density at radius 1 is 1.60 bits per heavy atom. The van der Waals surface area contributed by atoms with E-state index in [-0.39, 0.29) is 5.91 Å². The van der Waals surface area contributed by atoms with Gasteiger partial charge in [0.05, 0.1) is 6.54 Å². The molecule has 15 heavy (non-hydrogen) atoms. The largest absolute Gasteiger partial charge is 0.351 e. The van der Waals surface area contributed by atoms with Gasteiger partial charge in [-0.25, -0.2) is 0 Å². The van der Waals surface area contributed by atoms with Crippen molar-refractivity contribution in [2.75, 3.05) is 33.2 Å². The van der Waals surface area contributed by atoms with Gasteiger partial charge in [-0.3, -0.25) is 9.69 Å². The molecule has 0 spiro atoms. The van der Waals surface area contributed by atoms with Gasteiger partial charge in [-0.15, -0.1) is 0 Å². The summed E-state index contributed by atoms with van der Waals surface area (Å²) < 4.78 is 0. The third-order valence-corrected chi connectivity index (χ3v) is 2.68. The lowest BCUT2D eigenvalue weighted by Crippen LogP contribution is -2.48. The van der Waals surface area contributed by atoms with Crippen molar-refractivity contribution >= 4 is 5.91 Å². The van der Waals surface area contributed by atoms with Crippen LogP contribution < -0.4 is 10.6 Å². The molecule has 0 aromatic heterocycles. The lowest BCUT2D eigenvalue weighted by Gasteiger charge is -2.25. The van der Waals surface area contributed by atoms with Crippen LogP contribution in [0.15, 0.2) is 0 Å². The average Bonchev–Trinajstić information content (AvgIpc) is 2.19. The molecule has 1 atom stereocenters. The molecule has 0 saturated carbocycles. The summed E-state index contributed by atoms with van der Waals surface area (Å²) in [5.41, 5.74) is 0. The van der Waals surface area contributed by atoms with Crippen LogP contribution in [0.4, 0.5) is 0 Å². The molecule has 1 rings (SSSR count). The van der Waals surface area contributed by atoms with Crippen molar-refractivity contribution in [1.29, 1.82) is 0 Å². The second-order valence-corrected chi connectivity index (χ2v) is 4.35. The van der Waals surface area contributed by atoms with E-state index in [1.807, 2.05) is 7.05 Å². The van der Waals surface area contributed by atoms with E-state index in [0.29, 0.717) is 12.6 Å². The second kappa shape index (κ2) is 6.80. The zero-order valence-electron chi connectivity index (χ0n) is 9.88. The molecule has 4 heteroatoms. The second-order valence-electron chi connectivity index (χ2n) is 4.35. The highest BCUT2D eigenvalue weighted by molar-refractivity contribution is 5.78. The molecule has 1 aliphatic rings. The Bertz CT molecular complexity index is 190. The molecule has 88 valence electrons. The summed E-state index contributed by atoms with van der Waals surface area (Å²) in [7, 11) is 1.99. The van der Waals surface area contributed by atoms with Crippen LogP contribution in [0.2, 0.25) is 0 Å². The maximum Gasteiger partial charge on any atom is 0.234 e. The number of hydrogen-bond donors (Lipinski definition) is 2. The Labute approximate surface area is 92.4 Å². The number of carbonyl (C=O) groups is 1. The molecule has 0 radical (unpaired) electrons. The van der Waals surface area contributed by atoms with E-state index in [0.717, 1.165) is 38.9 Å². The zero-order valence-corrected chi connectivity index (χ0v) is 9.88. The summed E-state index contributed by atoms with van der Waals surface area (Å²) in [5, 5.41) is 6.36. The number of hydrogen-bond acceptors (Lipinski definition) is 3. The molecule has 4 nitrogen and oxygen atoms in total. The number of piperidine rings is 1. The molecule has 0 aromatic rings. The molecular weight excluding hydrogens is 190 g/mol. The molecule has 0 aromatic carbocycles. The topological polar surface area (TPSA) is 44.4 Å². The molecule has 1 heterocycles. The van der Waals surface area contributed by atoms with Gasteiger partial charge in [0.1, 0.15) is 0 Å². The number of nitrogens with one attached hydrogen (secondary N) is 2. The van der Waals surface area contributed by atoms with Crippen LogP contribution in [0, 0.1) is 0 Å². The summed E-state index contributed by atoms with van der Waals surface area (Å²) in [5.74, 6) is 0.152. The lowest BCUT2D eigenvalue weighted by molar-refractivity contribution is -0.122.